The molecule has 3 rings (SSSR count). The molecular weight excluding hydrogens is 501 g/mol. The van der Waals surface area contributed by atoms with E-state index < -0.39 is 11.9 Å². The Morgan fingerprint density at radius 2 is 1.88 bits per heavy atom. The standard InChI is InChI=1S/C24H18Cl3N3O4/c1-3-33-24(32)20-21(27)19(34-23(20)29-17-6-4-5-15(25)10-17)9-14(12-28)22(31)30-18-11-16(26)8-7-13(18)2/h4-11,29H,3H2,1-2H3,(H,30,31)/b14-9+. The SMILES string of the molecule is CCOC(=O)c1c(Nc2cccc(Cl)c2)oc(/C=C(\C#N)C(=O)Nc2cc(Cl)ccc2C)c1Cl. The van der Waals surface area contributed by atoms with E-state index in [9.17, 15) is 14.9 Å². The number of carbonyl (C=O) groups excluding carboxylic acids is 2. The van der Waals surface area contributed by atoms with E-state index in [0.29, 0.717) is 21.4 Å². The van der Waals surface area contributed by atoms with Gasteiger partial charge >= 0.3 is 5.97 Å². The smallest absolute Gasteiger partial charge is 0.345 e. The van der Waals surface area contributed by atoms with Crippen LogP contribution in [-0.2, 0) is 9.53 Å². The van der Waals surface area contributed by atoms with Gasteiger partial charge in [0.1, 0.15) is 22.2 Å². The fourth-order valence-corrected chi connectivity index (χ4v) is 3.51. The van der Waals surface area contributed by atoms with Gasteiger partial charge in [0.15, 0.2) is 5.76 Å². The van der Waals surface area contributed by atoms with Crippen molar-refractivity contribution in [2.75, 3.05) is 17.2 Å². The summed E-state index contributed by atoms with van der Waals surface area (Å²) >= 11 is 18.4. The summed E-state index contributed by atoms with van der Waals surface area (Å²) in [5.41, 5.74) is 1.33. The second-order valence-electron chi connectivity index (χ2n) is 6.92. The minimum Gasteiger partial charge on any atom is -0.462 e. The molecule has 0 saturated carbocycles. The number of benzene rings is 2. The van der Waals surface area contributed by atoms with E-state index in [1.165, 1.54) is 0 Å². The third-order valence-corrected chi connectivity index (χ3v) is 5.37. The lowest BCUT2D eigenvalue weighted by Gasteiger charge is -2.08. The maximum atomic E-state index is 12.7. The Bertz CT molecular complexity index is 1330. The lowest BCUT2D eigenvalue weighted by molar-refractivity contribution is -0.112. The first-order valence-electron chi connectivity index (χ1n) is 9.94. The fourth-order valence-electron chi connectivity index (χ4n) is 2.89. The highest BCUT2D eigenvalue weighted by Crippen LogP contribution is 2.36. The number of esters is 1. The molecule has 0 spiro atoms. The average molecular weight is 519 g/mol. The molecule has 2 aromatic carbocycles. The first-order valence-corrected chi connectivity index (χ1v) is 11.1. The Kier molecular flexibility index (Phi) is 8.24. The number of anilines is 3. The Labute approximate surface area is 210 Å². The van der Waals surface area contributed by atoms with E-state index in [1.54, 1.807) is 56.3 Å². The van der Waals surface area contributed by atoms with Crippen molar-refractivity contribution in [1.82, 2.24) is 0 Å². The number of hydrogen-bond acceptors (Lipinski definition) is 6. The van der Waals surface area contributed by atoms with Gasteiger partial charge in [-0.15, -0.1) is 0 Å². The molecule has 0 unspecified atom stereocenters. The van der Waals surface area contributed by atoms with Gasteiger partial charge in [-0.3, -0.25) is 4.79 Å². The lowest BCUT2D eigenvalue weighted by Crippen LogP contribution is -2.14. The number of halogens is 3. The normalized spacial score (nSPS) is 11.0. The van der Waals surface area contributed by atoms with Crippen molar-refractivity contribution in [1.29, 1.82) is 5.26 Å². The third kappa shape index (κ3) is 5.91. The van der Waals surface area contributed by atoms with Crippen molar-refractivity contribution in [3.8, 4) is 6.07 Å². The van der Waals surface area contributed by atoms with E-state index in [2.05, 4.69) is 10.6 Å². The molecule has 7 nitrogen and oxygen atoms in total. The molecule has 174 valence electrons. The summed E-state index contributed by atoms with van der Waals surface area (Å²) in [6.45, 7) is 3.53. The van der Waals surface area contributed by atoms with E-state index in [1.807, 2.05) is 6.07 Å². The molecule has 3 aromatic rings. The molecular formula is C24H18Cl3N3O4. The second-order valence-corrected chi connectivity index (χ2v) is 8.17. The van der Waals surface area contributed by atoms with Crippen molar-refractivity contribution in [2.45, 2.75) is 13.8 Å². The van der Waals surface area contributed by atoms with Crippen LogP contribution in [0.1, 0.15) is 28.6 Å². The van der Waals surface area contributed by atoms with E-state index in [4.69, 9.17) is 44.0 Å². The number of hydrogen-bond donors (Lipinski definition) is 2. The highest BCUT2D eigenvalue weighted by Gasteiger charge is 2.26. The first kappa shape index (κ1) is 25.2. The summed E-state index contributed by atoms with van der Waals surface area (Å²) in [4.78, 5) is 25.3. The number of ether oxygens (including phenoxy) is 1. The zero-order valence-corrected chi connectivity index (χ0v) is 20.3. The summed E-state index contributed by atoms with van der Waals surface area (Å²) in [6.07, 6.45) is 1.14. The van der Waals surface area contributed by atoms with Crippen LogP contribution in [0, 0.1) is 18.3 Å². The molecule has 0 aliphatic rings. The minimum atomic E-state index is -0.738. The molecule has 10 heteroatoms. The second kappa shape index (κ2) is 11.1. The Morgan fingerprint density at radius 1 is 1.15 bits per heavy atom. The Hall–Kier alpha value is -3.44. The van der Waals surface area contributed by atoms with Crippen LogP contribution in [0.25, 0.3) is 6.08 Å². The fraction of sp³-hybridized carbons (Fsp3) is 0.125. The zero-order valence-electron chi connectivity index (χ0n) is 18.0. The predicted octanol–water partition coefficient (Wildman–Crippen LogP) is 7.01. The van der Waals surface area contributed by atoms with E-state index >= 15 is 0 Å². The lowest BCUT2D eigenvalue weighted by atomic mass is 10.1. The van der Waals surface area contributed by atoms with Gasteiger partial charge in [-0.05, 0) is 49.7 Å². The van der Waals surface area contributed by atoms with Crippen molar-refractivity contribution in [3.63, 3.8) is 0 Å². The molecule has 1 aromatic heterocycles. The number of nitriles is 1. The maximum Gasteiger partial charge on any atom is 0.345 e. The number of amides is 1. The molecule has 0 saturated heterocycles. The maximum absolute atomic E-state index is 12.7. The van der Waals surface area contributed by atoms with Crippen molar-refractivity contribution >= 4 is 70.0 Å². The first-order chi connectivity index (χ1) is 16.2. The molecule has 0 bridgehead atoms. The van der Waals surface area contributed by atoms with Gasteiger partial charge in [0, 0.05) is 27.5 Å². The molecule has 34 heavy (non-hydrogen) atoms. The molecule has 0 aliphatic carbocycles. The van der Waals surface area contributed by atoms with Gasteiger partial charge in [-0.2, -0.15) is 5.26 Å². The van der Waals surface area contributed by atoms with Crippen LogP contribution >= 0.6 is 34.8 Å². The van der Waals surface area contributed by atoms with Gasteiger partial charge in [-0.1, -0.05) is 46.9 Å². The summed E-state index contributed by atoms with van der Waals surface area (Å²) < 4.78 is 10.8. The quantitative estimate of drug-likeness (QED) is 0.198. The predicted molar refractivity (Wildman–Crippen MR) is 133 cm³/mol. The van der Waals surface area contributed by atoms with Crippen molar-refractivity contribution < 1.29 is 18.7 Å². The monoisotopic (exact) mass is 517 g/mol. The van der Waals surface area contributed by atoms with Crippen molar-refractivity contribution in [3.05, 3.63) is 80.0 Å². The third-order valence-electron chi connectivity index (χ3n) is 4.53. The molecule has 2 N–H and O–H groups in total. The van der Waals surface area contributed by atoms with Gasteiger partial charge < -0.3 is 19.8 Å². The minimum absolute atomic E-state index is 0.0275. The number of nitrogens with zero attached hydrogens (tertiary/aromatic N) is 1. The highest BCUT2D eigenvalue weighted by atomic mass is 35.5. The Balaban J connectivity index is 1.99. The summed E-state index contributed by atoms with van der Waals surface area (Å²) in [6, 6.07) is 13.5. The number of carbonyl (C=O) groups is 2. The summed E-state index contributed by atoms with van der Waals surface area (Å²) in [5.74, 6) is -1.55. The molecule has 0 aliphatic heterocycles. The largest absolute Gasteiger partial charge is 0.462 e. The van der Waals surface area contributed by atoms with E-state index in [0.717, 1.165) is 11.6 Å². The number of furan rings is 1. The number of nitrogens with one attached hydrogen (secondary N) is 2. The van der Waals surface area contributed by atoms with Crippen LogP contribution in [0.3, 0.4) is 0 Å². The Morgan fingerprint density at radius 3 is 2.56 bits per heavy atom. The number of rotatable bonds is 7. The van der Waals surface area contributed by atoms with Crippen LogP contribution in [0.2, 0.25) is 15.1 Å². The topological polar surface area (TPSA) is 104 Å². The van der Waals surface area contributed by atoms with Crippen LogP contribution in [0.5, 0.6) is 0 Å². The average Bonchev–Trinajstić information content (AvgIpc) is 3.09. The molecule has 1 amide bonds. The van der Waals surface area contributed by atoms with Crippen LogP contribution < -0.4 is 10.6 Å². The van der Waals surface area contributed by atoms with Crippen LogP contribution in [0.15, 0.2) is 52.5 Å². The number of aryl methyl sites for hydroxylation is 1. The van der Waals surface area contributed by atoms with Gasteiger partial charge in [0.05, 0.1) is 6.61 Å². The summed E-state index contributed by atoms with van der Waals surface area (Å²) in [7, 11) is 0. The van der Waals surface area contributed by atoms with Crippen molar-refractivity contribution in [2.24, 2.45) is 0 Å². The molecule has 0 radical (unpaired) electrons. The van der Waals surface area contributed by atoms with E-state index in [-0.39, 0.29) is 34.4 Å². The zero-order chi connectivity index (χ0) is 24.8. The summed E-state index contributed by atoms with van der Waals surface area (Å²) in [5, 5.41) is 15.9. The highest BCUT2D eigenvalue weighted by molar-refractivity contribution is 6.36. The molecule has 0 atom stereocenters. The van der Waals surface area contributed by atoms with Crippen LogP contribution in [0.4, 0.5) is 17.3 Å². The van der Waals surface area contributed by atoms with Gasteiger partial charge in [0.2, 0.25) is 5.88 Å². The van der Waals surface area contributed by atoms with Gasteiger partial charge in [-0.25, -0.2) is 4.79 Å². The molecule has 1 heterocycles. The van der Waals surface area contributed by atoms with Gasteiger partial charge in [0.25, 0.3) is 5.91 Å². The van der Waals surface area contributed by atoms with Crippen LogP contribution in [-0.4, -0.2) is 18.5 Å². The molecule has 0 fully saturated rings.